The van der Waals surface area contributed by atoms with Crippen LogP contribution in [0, 0.1) is 5.92 Å². The zero-order chi connectivity index (χ0) is 31.6. The summed E-state index contributed by atoms with van der Waals surface area (Å²) in [4.78, 5) is 43.3. The van der Waals surface area contributed by atoms with E-state index < -0.39 is 18.0 Å². The molecular weight excluding hydrogens is 591 g/mol. The van der Waals surface area contributed by atoms with Crippen molar-refractivity contribution in [2.75, 3.05) is 61.5 Å². The van der Waals surface area contributed by atoms with E-state index in [4.69, 9.17) is 4.74 Å². The van der Waals surface area contributed by atoms with Crippen LogP contribution in [-0.2, 0) is 16.1 Å². The molecule has 2 amide bonds. The van der Waals surface area contributed by atoms with Crippen molar-refractivity contribution in [1.29, 1.82) is 0 Å². The van der Waals surface area contributed by atoms with Crippen LogP contribution >= 0.6 is 0 Å². The number of carbonyl (C=O) groups is 2. The van der Waals surface area contributed by atoms with Gasteiger partial charge in [-0.05, 0) is 60.9 Å². The van der Waals surface area contributed by atoms with E-state index in [2.05, 4.69) is 25.2 Å². The number of benzene rings is 2. The Bertz CT molecular complexity index is 1600. The Balaban J connectivity index is 1.22. The molecule has 4 heterocycles. The summed E-state index contributed by atoms with van der Waals surface area (Å²) in [5, 5.41) is 5.72. The molecule has 13 heteroatoms. The van der Waals surface area contributed by atoms with Gasteiger partial charge in [0.1, 0.15) is 5.75 Å². The maximum atomic E-state index is 13.2. The lowest BCUT2D eigenvalue weighted by molar-refractivity contribution is -0.274. The van der Waals surface area contributed by atoms with Crippen molar-refractivity contribution in [3.05, 3.63) is 82.3 Å². The predicted octanol–water partition coefficient (Wildman–Crippen LogP) is 4.28. The molecule has 2 aromatic carbocycles. The summed E-state index contributed by atoms with van der Waals surface area (Å²) in [6.45, 7) is 5.33. The van der Waals surface area contributed by atoms with E-state index in [9.17, 15) is 27.6 Å². The number of morpholine rings is 1. The summed E-state index contributed by atoms with van der Waals surface area (Å²) in [6.07, 6.45) is -3.58. The second-order valence-corrected chi connectivity index (χ2v) is 11.6. The van der Waals surface area contributed by atoms with Crippen molar-refractivity contribution in [2.24, 2.45) is 5.92 Å². The van der Waals surface area contributed by atoms with Crippen molar-refractivity contribution in [3.8, 4) is 5.75 Å². The number of aromatic nitrogens is 1. The minimum absolute atomic E-state index is 0.00162. The molecule has 0 spiro atoms. The van der Waals surface area contributed by atoms with Gasteiger partial charge in [-0.2, -0.15) is 0 Å². The maximum absolute atomic E-state index is 13.2. The molecule has 0 unspecified atom stereocenters. The summed E-state index contributed by atoms with van der Waals surface area (Å²) >= 11 is 0. The van der Waals surface area contributed by atoms with Crippen molar-refractivity contribution < 1.29 is 32.2 Å². The maximum Gasteiger partial charge on any atom is 0.573 e. The van der Waals surface area contributed by atoms with Crippen LogP contribution in [0.3, 0.4) is 0 Å². The molecule has 2 fully saturated rings. The highest BCUT2D eigenvalue weighted by atomic mass is 19.4. The van der Waals surface area contributed by atoms with Crippen LogP contribution in [0.25, 0.3) is 0 Å². The Morgan fingerprint density at radius 2 is 1.73 bits per heavy atom. The SMILES string of the molecule is O=C(CCN1CCOCC1)Nc1cc(C(=O)Nc2ccc(OC(F)(F)F)cc2)ccc1N1C[C@H]2C[C@@H](C1)c1cccc(=O)n1C2. The smallest absolute Gasteiger partial charge is 0.406 e. The minimum Gasteiger partial charge on any atom is -0.406 e. The van der Waals surface area contributed by atoms with E-state index in [0.717, 1.165) is 43.0 Å². The number of amides is 2. The monoisotopic (exact) mass is 625 g/mol. The summed E-state index contributed by atoms with van der Waals surface area (Å²) in [5.74, 6) is -0.684. The molecule has 3 aliphatic rings. The number of nitrogens with zero attached hydrogens (tertiary/aromatic N) is 3. The predicted molar refractivity (Wildman–Crippen MR) is 162 cm³/mol. The molecule has 1 aromatic heterocycles. The van der Waals surface area contributed by atoms with Crippen LogP contribution in [0.5, 0.6) is 5.75 Å². The highest BCUT2D eigenvalue weighted by Crippen LogP contribution is 2.39. The van der Waals surface area contributed by atoms with E-state index in [1.807, 2.05) is 16.7 Å². The number of ether oxygens (including phenoxy) is 2. The molecule has 0 radical (unpaired) electrons. The molecule has 6 rings (SSSR count). The average molecular weight is 626 g/mol. The first-order chi connectivity index (χ1) is 21.6. The van der Waals surface area contributed by atoms with Gasteiger partial charge in [-0.25, -0.2) is 0 Å². The van der Waals surface area contributed by atoms with Crippen molar-refractivity contribution in [2.45, 2.75) is 31.7 Å². The quantitative estimate of drug-likeness (QED) is 0.385. The molecule has 3 aliphatic heterocycles. The minimum atomic E-state index is -4.82. The first-order valence-corrected chi connectivity index (χ1v) is 15.0. The highest BCUT2D eigenvalue weighted by Gasteiger charge is 2.35. The molecule has 3 aromatic rings. The number of anilines is 3. The third kappa shape index (κ3) is 7.48. The van der Waals surface area contributed by atoms with E-state index in [0.29, 0.717) is 45.1 Å². The van der Waals surface area contributed by atoms with Crippen LogP contribution in [0.4, 0.5) is 30.2 Å². The van der Waals surface area contributed by atoms with Gasteiger partial charge in [0.05, 0.1) is 24.6 Å². The van der Waals surface area contributed by atoms with Crippen LogP contribution < -0.4 is 25.8 Å². The molecule has 2 bridgehead atoms. The van der Waals surface area contributed by atoms with Gasteiger partial charge in [-0.3, -0.25) is 19.3 Å². The number of hydrogen-bond donors (Lipinski definition) is 2. The largest absolute Gasteiger partial charge is 0.573 e. The van der Waals surface area contributed by atoms with E-state index in [1.54, 1.807) is 24.3 Å². The molecule has 0 saturated carbocycles. The Labute approximate surface area is 257 Å². The number of pyridine rings is 1. The van der Waals surface area contributed by atoms with Gasteiger partial charge in [0, 0.05) is 74.6 Å². The van der Waals surface area contributed by atoms with E-state index in [1.165, 1.54) is 12.1 Å². The molecule has 2 N–H and O–H groups in total. The van der Waals surface area contributed by atoms with Crippen LogP contribution in [0.15, 0.2) is 65.5 Å². The number of fused-ring (bicyclic) bond motifs is 4. The molecule has 2 saturated heterocycles. The summed E-state index contributed by atoms with van der Waals surface area (Å²) < 4.78 is 48.7. The number of nitrogens with one attached hydrogen (secondary N) is 2. The molecule has 238 valence electrons. The topological polar surface area (TPSA) is 105 Å². The van der Waals surface area contributed by atoms with Gasteiger partial charge in [0.25, 0.3) is 11.5 Å². The molecular formula is C32H34F3N5O5. The lowest BCUT2D eigenvalue weighted by Gasteiger charge is -2.44. The van der Waals surface area contributed by atoms with E-state index in [-0.39, 0.29) is 41.0 Å². The Hall–Kier alpha value is -4.36. The fourth-order valence-electron chi connectivity index (χ4n) is 6.39. The van der Waals surface area contributed by atoms with Gasteiger partial charge in [0.2, 0.25) is 5.91 Å². The van der Waals surface area contributed by atoms with Crippen LogP contribution in [-0.4, -0.2) is 73.6 Å². The van der Waals surface area contributed by atoms with Crippen LogP contribution in [0.2, 0.25) is 0 Å². The lowest BCUT2D eigenvalue weighted by atomic mass is 9.83. The lowest BCUT2D eigenvalue weighted by Crippen LogP contribution is -2.47. The van der Waals surface area contributed by atoms with Gasteiger partial charge in [0.15, 0.2) is 0 Å². The number of carbonyl (C=O) groups excluding carboxylic acids is 2. The fraction of sp³-hybridized carbons (Fsp3) is 0.406. The number of hydrogen-bond acceptors (Lipinski definition) is 7. The third-order valence-electron chi connectivity index (χ3n) is 8.46. The van der Waals surface area contributed by atoms with Gasteiger partial charge in [-0.15, -0.1) is 13.2 Å². The number of alkyl halides is 3. The number of rotatable bonds is 8. The Kier molecular flexibility index (Phi) is 8.81. The summed E-state index contributed by atoms with van der Waals surface area (Å²) in [5.41, 5.74) is 2.83. The summed E-state index contributed by atoms with van der Waals surface area (Å²) in [7, 11) is 0. The second kappa shape index (κ2) is 12.9. The summed E-state index contributed by atoms with van der Waals surface area (Å²) in [6, 6.07) is 15.3. The van der Waals surface area contributed by atoms with Crippen LogP contribution in [0.1, 0.15) is 34.8 Å². The third-order valence-corrected chi connectivity index (χ3v) is 8.46. The average Bonchev–Trinajstić information content (AvgIpc) is 3.01. The molecule has 10 nitrogen and oxygen atoms in total. The molecule has 45 heavy (non-hydrogen) atoms. The highest BCUT2D eigenvalue weighted by molar-refractivity contribution is 6.06. The van der Waals surface area contributed by atoms with Gasteiger partial charge in [-0.1, -0.05) is 6.07 Å². The molecule has 0 aliphatic carbocycles. The fourth-order valence-corrected chi connectivity index (χ4v) is 6.39. The second-order valence-electron chi connectivity index (χ2n) is 11.6. The standard InChI is InChI=1S/C32H34F3N5O5/c33-32(34,35)45-25-7-5-24(6-8-25)36-31(43)22-4-9-28(26(17-22)37-29(41)10-11-38-12-14-44-15-13-38)39-18-21-16-23(20-39)27-2-1-3-30(42)40(27)19-21/h1-9,17,21,23H,10-16,18-20H2,(H,36,43)(H,37,41)/t21-,23+/m1/s1. The number of piperidine rings is 1. The van der Waals surface area contributed by atoms with Gasteiger partial charge < -0.3 is 29.6 Å². The zero-order valence-corrected chi connectivity index (χ0v) is 24.5. The van der Waals surface area contributed by atoms with Crippen molar-refractivity contribution in [1.82, 2.24) is 9.47 Å². The number of halogens is 3. The first kappa shape index (κ1) is 30.7. The van der Waals surface area contributed by atoms with Crippen molar-refractivity contribution in [3.63, 3.8) is 0 Å². The first-order valence-electron chi connectivity index (χ1n) is 15.0. The Morgan fingerprint density at radius 3 is 2.49 bits per heavy atom. The van der Waals surface area contributed by atoms with Gasteiger partial charge >= 0.3 is 6.36 Å². The molecule has 2 atom stereocenters. The van der Waals surface area contributed by atoms with Crippen molar-refractivity contribution >= 4 is 28.9 Å². The zero-order valence-electron chi connectivity index (χ0n) is 24.5. The van der Waals surface area contributed by atoms with E-state index >= 15 is 0 Å². The normalized spacial score (nSPS) is 19.8. The Morgan fingerprint density at radius 1 is 0.956 bits per heavy atom.